The maximum atomic E-state index is 12.7. The molecule has 2 saturated heterocycles. The van der Waals surface area contributed by atoms with Crippen LogP contribution in [-0.4, -0.2) is 55.5 Å². The Labute approximate surface area is 158 Å². The van der Waals surface area contributed by atoms with Crippen LogP contribution in [-0.2, 0) is 19.2 Å². The fourth-order valence-electron chi connectivity index (χ4n) is 2.76. The molecule has 3 amide bonds. The van der Waals surface area contributed by atoms with Gasteiger partial charge in [-0.2, -0.15) is 0 Å². The molecule has 2 fully saturated rings. The molecule has 9 heteroatoms. The molecule has 3 rings (SSSR count). The van der Waals surface area contributed by atoms with Crippen LogP contribution in [0.3, 0.4) is 0 Å². The number of benzene rings is 1. The number of likely N-dealkylation sites (tertiary alicyclic amines) is 1. The molecule has 1 aromatic carbocycles. The summed E-state index contributed by atoms with van der Waals surface area (Å²) in [5, 5.41) is 8.74. The molecule has 1 atom stereocenters. The van der Waals surface area contributed by atoms with Crippen LogP contribution in [0.15, 0.2) is 35.2 Å². The minimum absolute atomic E-state index is 0.191. The van der Waals surface area contributed by atoms with Crippen LogP contribution in [0, 0.1) is 0 Å². The van der Waals surface area contributed by atoms with Crippen LogP contribution < -0.4 is 0 Å². The summed E-state index contributed by atoms with van der Waals surface area (Å²) in [6, 6.07) is 8.20. The molecule has 0 bridgehead atoms. The van der Waals surface area contributed by atoms with Gasteiger partial charge < -0.3 is 5.11 Å². The molecule has 0 spiro atoms. The lowest BCUT2D eigenvalue weighted by Crippen LogP contribution is -2.44. The summed E-state index contributed by atoms with van der Waals surface area (Å²) in [7, 11) is 0. The van der Waals surface area contributed by atoms with E-state index in [0.717, 1.165) is 27.1 Å². The maximum absolute atomic E-state index is 12.7. The minimum atomic E-state index is -1.11. The van der Waals surface area contributed by atoms with E-state index in [4.69, 9.17) is 17.3 Å². The fraction of sp³-hybridized carbons (Fsp3) is 0.235. The van der Waals surface area contributed by atoms with Gasteiger partial charge in [-0.1, -0.05) is 54.3 Å². The Hall–Kier alpha value is -2.52. The van der Waals surface area contributed by atoms with Crippen molar-refractivity contribution in [3.05, 3.63) is 40.8 Å². The summed E-state index contributed by atoms with van der Waals surface area (Å²) < 4.78 is 0.211. The van der Waals surface area contributed by atoms with Gasteiger partial charge in [-0.25, -0.2) is 0 Å². The summed E-state index contributed by atoms with van der Waals surface area (Å²) in [4.78, 5) is 50.4. The summed E-state index contributed by atoms with van der Waals surface area (Å²) in [6.45, 7) is -0.210. The molecular weight excluding hydrogens is 376 g/mol. The number of hydrogen-bond acceptors (Lipinski definition) is 6. The lowest BCUT2D eigenvalue weighted by molar-refractivity contribution is -0.142. The molecule has 1 aromatic rings. The molecule has 2 aliphatic rings. The number of rotatable bonds is 5. The number of carbonyl (C=O) groups is 4. The molecule has 134 valence electrons. The number of thiocarbonyl (C=S) groups is 1. The standard InChI is InChI=1S/C17H14N2O5S2/c20-13-9-11(15(23)18(13)7-6-14(21)22)19-16(24)12(26-17(19)25)8-10-4-2-1-3-5-10/h1-5,8,11H,6-7,9H2,(H,21,22). The van der Waals surface area contributed by atoms with Crippen molar-refractivity contribution in [2.24, 2.45) is 0 Å². The first-order chi connectivity index (χ1) is 12.4. The Morgan fingerprint density at radius 1 is 1.27 bits per heavy atom. The van der Waals surface area contributed by atoms with Gasteiger partial charge in [0.2, 0.25) is 5.91 Å². The second-order valence-electron chi connectivity index (χ2n) is 5.71. The Morgan fingerprint density at radius 3 is 2.62 bits per heavy atom. The van der Waals surface area contributed by atoms with Gasteiger partial charge in [0.15, 0.2) is 0 Å². The smallest absolute Gasteiger partial charge is 0.305 e. The lowest BCUT2D eigenvalue weighted by Gasteiger charge is -2.21. The highest BCUT2D eigenvalue weighted by atomic mass is 32.2. The van der Waals surface area contributed by atoms with Crippen LogP contribution in [0.2, 0.25) is 0 Å². The lowest BCUT2D eigenvalue weighted by atomic mass is 10.2. The van der Waals surface area contributed by atoms with E-state index >= 15 is 0 Å². The maximum Gasteiger partial charge on any atom is 0.305 e. The monoisotopic (exact) mass is 390 g/mol. The second kappa shape index (κ2) is 7.38. The highest BCUT2D eigenvalue weighted by Crippen LogP contribution is 2.36. The number of aliphatic carboxylic acids is 1. The molecule has 0 aromatic heterocycles. The van der Waals surface area contributed by atoms with Crippen LogP contribution in [0.5, 0.6) is 0 Å². The summed E-state index contributed by atoms with van der Waals surface area (Å²) in [6.07, 6.45) is 1.16. The highest BCUT2D eigenvalue weighted by Gasteiger charge is 2.48. The van der Waals surface area contributed by atoms with E-state index in [1.54, 1.807) is 6.08 Å². The van der Waals surface area contributed by atoms with E-state index in [9.17, 15) is 19.2 Å². The van der Waals surface area contributed by atoms with Crippen LogP contribution in [0.25, 0.3) is 6.08 Å². The van der Waals surface area contributed by atoms with Crippen molar-refractivity contribution in [1.29, 1.82) is 0 Å². The fourth-order valence-corrected chi connectivity index (χ4v) is 4.12. The molecule has 26 heavy (non-hydrogen) atoms. The van der Waals surface area contributed by atoms with Gasteiger partial charge in [0.05, 0.1) is 17.7 Å². The Kier molecular flexibility index (Phi) is 5.19. The van der Waals surface area contributed by atoms with Crippen LogP contribution >= 0.6 is 24.0 Å². The van der Waals surface area contributed by atoms with E-state index in [-0.39, 0.29) is 23.7 Å². The van der Waals surface area contributed by atoms with E-state index in [1.165, 1.54) is 0 Å². The normalized spacial score (nSPS) is 22.0. The number of carboxylic acid groups (broad SMARTS) is 1. The van der Waals surface area contributed by atoms with Crippen LogP contribution in [0.1, 0.15) is 18.4 Å². The number of nitrogens with zero attached hydrogens (tertiary/aromatic N) is 2. The largest absolute Gasteiger partial charge is 0.481 e. The van der Waals surface area contributed by atoms with Crippen molar-refractivity contribution in [2.45, 2.75) is 18.9 Å². The molecule has 0 aliphatic carbocycles. The van der Waals surface area contributed by atoms with Crippen molar-refractivity contribution >= 4 is 58.1 Å². The SMILES string of the molecule is O=C(O)CCN1C(=O)CC(N2C(=O)C(=Cc3ccccc3)SC2=S)C1=O. The molecule has 7 nitrogen and oxygen atoms in total. The second-order valence-corrected chi connectivity index (χ2v) is 7.39. The predicted molar refractivity (Wildman–Crippen MR) is 98.8 cm³/mol. The first-order valence-corrected chi connectivity index (χ1v) is 8.99. The molecule has 2 heterocycles. The summed E-state index contributed by atoms with van der Waals surface area (Å²) in [5.74, 6) is -2.61. The topological polar surface area (TPSA) is 95.0 Å². The molecule has 1 unspecified atom stereocenters. The van der Waals surface area contributed by atoms with Crippen molar-refractivity contribution in [2.75, 3.05) is 6.54 Å². The third kappa shape index (κ3) is 3.54. The molecule has 2 aliphatic heterocycles. The van der Waals surface area contributed by atoms with E-state index in [1.807, 2.05) is 30.3 Å². The number of thioether (sulfide) groups is 1. The van der Waals surface area contributed by atoms with E-state index < -0.39 is 29.7 Å². The Morgan fingerprint density at radius 2 is 1.96 bits per heavy atom. The number of amides is 3. The van der Waals surface area contributed by atoms with Gasteiger partial charge in [-0.15, -0.1) is 0 Å². The van der Waals surface area contributed by atoms with Gasteiger partial charge in [-0.3, -0.25) is 29.0 Å². The van der Waals surface area contributed by atoms with Crippen molar-refractivity contribution < 1.29 is 24.3 Å². The quantitative estimate of drug-likeness (QED) is 0.462. The Bertz CT molecular complexity index is 837. The first kappa shape index (κ1) is 18.3. The van der Waals surface area contributed by atoms with E-state index in [2.05, 4.69) is 0 Å². The molecule has 1 N–H and O–H groups in total. The number of carbonyl (C=O) groups excluding carboxylic acids is 3. The average molecular weight is 390 g/mol. The number of hydrogen-bond donors (Lipinski definition) is 1. The van der Waals surface area contributed by atoms with Gasteiger partial charge >= 0.3 is 5.97 Å². The highest BCUT2D eigenvalue weighted by molar-refractivity contribution is 8.26. The summed E-state index contributed by atoms with van der Waals surface area (Å²) in [5.41, 5.74) is 0.824. The van der Waals surface area contributed by atoms with Gasteiger partial charge in [-0.05, 0) is 11.6 Å². The summed E-state index contributed by atoms with van der Waals surface area (Å²) >= 11 is 6.31. The predicted octanol–water partition coefficient (Wildman–Crippen LogP) is 1.49. The van der Waals surface area contributed by atoms with Gasteiger partial charge in [0.1, 0.15) is 10.4 Å². The van der Waals surface area contributed by atoms with Gasteiger partial charge in [0, 0.05) is 6.54 Å². The third-order valence-corrected chi connectivity index (χ3v) is 5.33. The molecule has 0 radical (unpaired) electrons. The van der Waals surface area contributed by atoms with Crippen molar-refractivity contribution in [3.63, 3.8) is 0 Å². The average Bonchev–Trinajstić information content (AvgIpc) is 3.02. The number of imide groups is 1. The number of carboxylic acids is 1. The molecular formula is C17H14N2O5S2. The van der Waals surface area contributed by atoms with Crippen molar-refractivity contribution in [1.82, 2.24) is 9.80 Å². The zero-order valence-electron chi connectivity index (χ0n) is 13.5. The van der Waals surface area contributed by atoms with Crippen molar-refractivity contribution in [3.8, 4) is 0 Å². The Balaban J connectivity index is 1.79. The zero-order valence-corrected chi connectivity index (χ0v) is 15.1. The van der Waals surface area contributed by atoms with Gasteiger partial charge in [0.25, 0.3) is 11.8 Å². The van der Waals surface area contributed by atoms with Crippen LogP contribution in [0.4, 0.5) is 0 Å². The first-order valence-electron chi connectivity index (χ1n) is 7.76. The third-order valence-electron chi connectivity index (χ3n) is 4.00. The molecule has 0 saturated carbocycles. The minimum Gasteiger partial charge on any atom is -0.481 e. The zero-order chi connectivity index (χ0) is 18.8. The van der Waals surface area contributed by atoms with E-state index in [0.29, 0.717) is 4.91 Å².